The van der Waals surface area contributed by atoms with E-state index >= 15 is 0 Å². The monoisotopic (exact) mass is 270 g/mol. The Morgan fingerprint density at radius 1 is 1.11 bits per heavy atom. The minimum absolute atomic E-state index is 0.359. The number of nitrogens with one attached hydrogen (secondary N) is 1. The molecule has 3 heteroatoms. The van der Waals surface area contributed by atoms with Gasteiger partial charge in [-0.15, -0.1) is 0 Å². The van der Waals surface area contributed by atoms with E-state index in [1.54, 1.807) is 12.1 Å². The van der Waals surface area contributed by atoms with Crippen LogP contribution in [0.2, 0.25) is 5.02 Å². The highest BCUT2D eigenvalue weighted by atomic mass is 35.5. The lowest BCUT2D eigenvalue weighted by molar-refractivity contribution is 0.979. The fourth-order valence-electron chi connectivity index (χ4n) is 2.04. The molecule has 0 aliphatic heterocycles. The zero-order valence-corrected chi connectivity index (χ0v) is 11.7. The van der Waals surface area contributed by atoms with Gasteiger partial charge in [-0.2, -0.15) is 5.26 Å². The van der Waals surface area contributed by atoms with E-state index in [1.165, 1.54) is 5.56 Å². The molecule has 0 radical (unpaired) electrons. The lowest BCUT2D eigenvalue weighted by Crippen LogP contribution is -2.10. The highest BCUT2D eigenvalue weighted by Gasteiger charge is 2.12. The predicted molar refractivity (Wildman–Crippen MR) is 79.3 cm³/mol. The second-order valence-electron chi connectivity index (χ2n) is 4.57. The van der Waals surface area contributed by atoms with Crippen LogP contribution >= 0.6 is 11.6 Å². The van der Waals surface area contributed by atoms with Crippen LogP contribution in [0.5, 0.6) is 0 Å². The molecule has 2 aromatic carbocycles. The number of benzene rings is 2. The zero-order chi connectivity index (χ0) is 13.8. The number of halogens is 1. The molecule has 0 aliphatic carbocycles. The van der Waals surface area contributed by atoms with Crippen molar-refractivity contribution in [2.24, 2.45) is 0 Å². The molecule has 2 nitrogen and oxygen atoms in total. The summed E-state index contributed by atoms with van der Waals surface area (Å²) < 4.78 is 0. The van der Waals surface area contributed by atoms with Crippen molar-refractivity contribution in [3.05, 3.63) is 64.2 Å². The third-order valence-electron chi connectivity index (χ3n) is 3.02. The van der Waals surface area contributed by atoms with Crippen molar-refractivity contribution < 1.29 is 0 Å². The third kappa shape index (κ3) is 3.27. The van der Waals surface area contributed by atoms with Crippen LogP contribution in [0.25, 0.3) is 0 Å². The van der Waals surface area contributed by atoms with Crippen molar-refractivity contribution in [3.8, 4) is 6.07 Å². The van der Waals surface area contributed by atoms with Crippen LogP contribution in [-0.2, 0) is 0 Å². The topological polar surface area (TPSA) is 35.8 Å². The zero-order valence-electron chi connectivity index (χ0n) is 10.9. The van der Waals surface area contributed by atoms with Crippen LogP contribution in [0.4, 0.5) is 5.69 Å². The van der Waals surface area contributed by atoms with E-state index < -0.39 is 0 Å². The molecule has 96 valence electrons. The van der Waals surface area contributed by atoms with Crippen LogP contribution in [-0.4, -0.2) is 0 Å². The number of nitriles is 1. The summed E-state index contributed by atoms with van der Waals surface area (Å²) in [5, 5.41) is 13.2. The Kier molecular flexibility index (Phi) is 4.09. The first-order chi connectivity index (χ1) is 9.10. The van der Waals surface area contributed by atoms with Crippen LogP contribution in [0.15, 0.2) is 42.5 Å². The molecule has 0 aromatic heterocycles. The Bertz CT molecular complexity index is 612. The summed E-state index contributed by atoms with van der Waals surface area (Å²) >= 11 is 5.85. The number of anilines is 1. The van der Waals surface area contributed by atoms with Crippen molar-refractivity contribution in [1.29, 1.82) is 5.26 Å². The fraction of sp³-hybridized carbons (Fsp3) is 0.188. The molecule has 0 aliphatic rings. The van der Waals surface area contributed by atoms with Gasteiger partial charge >= 0.3 is 0 Å². The average Bonchev–Trinajstić information content (AvgIpc) is 2.39. The van der Waals surface area contributed by atoms with E-state index in [1.807, 2.05) is 38.1 Å². The van der Waals surface area contributed by atoms with Gasteiger partial charge in [-0.25, -0.2) is 0 Å². The van der Waals surface area contributed by atoms with E-state index in [0.29, 0.717) is 5.02 Å². The predicted octanol–water partition coefficient (Wildman–Crippen LogP) is 4.63. The summed E-state index contributed by atoms with van der Waals surface area (Å²) in [5.74, 6) is 0. The van der Waals surface area contributed by atoms with Gasteiger partial charge in [-0.05, 0) is 49.2 Å². The molecule has 2 rings (SSSR count). The summed E-state index contributed by atoms with van der Waals surface area (Å²) in [7, 11) is 0. The summed E-state index contributed by atoms with van der Waals surface area (Å²) in [6, 6.07) is 15.4. The number of hydrogen-bond acceptors (Lipinski definition) is 2. The molecule has 0 heterocycles. The van der Waals surface area contributed by atoms with Gasteiger partial charge in [0.25, 0.3) is 0 Å². The van der Waals surface area contributed by atoms with E-state index in [2.05, 4.69) is 17.5 Å². The molecule has 0 amide bonds. The first kappa shape index (κ1) is 13.5. The summed E-state index contributed by atoms with van der Waals surface area (Å²) in [4.78, 5) is 0. The Balaban J connectivity index is 2.25. The van der Waals surface area contributed by atoms with Gasteiger partial charge in [0.05, 0.1) is 6.07 Å². The van der Waals surface area contributed by atoms with Crippen molar-refractivity contribution in [2.45, 2.75) is 19.9 Å². The molecule has 0 bridgehead atoms. The highest BCUT2D eigenvalue weighted by Crippen LogP contribution is 2.23. The van der Waals surface area contributed by atoms with Gasteiger partial charge in [0.2, 0.25) is 0 Å². The highest BCUT2D eigenvalue weighted by molar-refractivity contribution is 6.30. The molecular formula is C16H15ClN2. The molecule has 1 N–H and O–H groups in total. The molecule has 0 fully saturated rings. The van der Waals surface area contributed by atoms with E-state index in [4.69, 9.17) is 11.6 Å². The van der Waals surface area contributed by atoms with Gasteiger partial charge < -0.3 is 5.32 Å². The standard InChI is InChI=1S/C16H15ClN2/c1-11-3-8-15(12(2)9-11)16(10-18)19-14-6-4-13(17)5-7-14/h3-9,16,19H,1-2H3. The summed E-state index contributed by atoms with van der Waals surface area (Å²) in [5.41, 5.74) is 4.21. The normalized spacial score (nSPS) is 11.7. The SMILES string of the molecule is Cc1ccc(C(C#N)Nc2ccc(Cl)cc2)c(C)c1. The second kappa shape index (κ2) is 5.77. The number of hydrogen-bond donors (Lipinski definition) is 1. The largest absolute Gasteiger partial charge is 0.366 e. The van der Waals surface area contributed by atoms with Crippen LogP contribution in [0.3, 0.4) is 0 Å². The number of nitrogens with zero attached hydrogens (tertiary/aromatic N) is 1. The minimum Gasteiger partial charge on any atom is -0.366 e. The Morgan fingerprint density at radius 3 is 2.37 bits per heavy atom. The Morgan fingerprint density at radius 2 is 1.79 bits per heavy atom. The molecule has 1 atom stereocenters. The maximum absolute atomic E-state index is 9.35. The van der Waals surface area contributed by atoms with Gasteiger partial charge in [-0.1, -0.05) is 35.4 Å². The smallest absolute Gasteiger partial charge is 0.140 e. The van der Waals surface area contributed by atoms with Crippen molar-refractivity contribution >= 4 is 17.3 Å². The van der Waals surface area contributed by atoms with E-state index in [0.717, 1.165) is 16.8 Å². The van der Waals surface area contributed by atoms with E-state index in [9.17, 15) is 5.26 Å². The first-order valence-electron chi connectivity index (χ1n) is 6.09. The van der Waals surface area contributed by atoms with Gasteiger partial charge in [0, 0.05) is 10.7 Å². The number of rotatable bonds is 3. The van der Waals surface area contributed by atoms with Gasteiger partial charge in [-0.3, -0.25) is 0 Å². The third-order valence-corrected chi connectivity index (χ3v) is 3.27. The molecule has 0 saturated carbocycles. The van der Waals surface area contributed by atoms with Crippen LogP contribution in [0.1, 0.15) is 22.7 Å². The van der Waals surface area contributed by atoms with Crippen LogP contribution < -0.4 is 5.32 Å². The molecule has 2 aromatic rings. The molecule has 19 heavy (non-hydrogen) atoms. The molecule has 1 unspecified atom stereocenters. The van der Waals surface area contributed by atoms with Gasteiger partial charge in [0.1, 0.15) is 6.04 Å². The van der Waals surface area contributed by atoms with E-state index in [-0.39, 0.29) is 6.04 Å². The quantitative estimate of drug-likeness (QED) is 0.882. The molecular weight excluding hydrogens is 256 g/mol. The maximum Gasteiger partial charge on any atom is 0.140 e. The Labute approximate surface area is 118 Å². The first-order valence-corrected chi connectivity index (χ1v) is 6.47. The lowest BCUT2D eigenvalue weighted by atomic mass is 10.00. The maximum atomic E-state index is 9.35. The van der Waals surface area contributed by atoms with Crippen molar-refractivity contribution in [2.75, 3.05) is 5.32 Å². The van der Waals surface area contributed by atoms with Gasteiger partial charge in [0.15, 0.2) is 0 Å². The Hall–Kier alpha value is -1.98. The minimum atomic E-state index is -0.359. The van der Waals surface area contributed by atoms with Crippen molar-refractivity contribution in [1.82, 2.24) is 0 Å². The van der Waals surface area contributed by atoms with Crippen molar-refractivity contribution in [3.63, 3.8) is 0 Å². The fourth-order valence-corrected chi connectivity index (χ4v) is 2.17. The summed E-state index contributed by atoms with van der Waals surface area (Å²) in [6.45, 7) is 4.07. The molecule has 0 saturated heterocycles. The molecule has 0 spiro atoms. The second-order valence-corrected chi connectivity index (χ2v) is 5.01. The average molecular weight is 271 g/mol. The lowest BCUT2D eigenvalue weighted by Gasteiger charge is -2.16. The van der Waals surface area contributed by atoms with Crippen LogP contribution in [0, 0.1) is 25.2 Å². The summed E-state index contributed by atoms with van der Waals surface area (Å²) in [6.07, 6.45) is 0. The number of aryl methyl sites for hydroxylation is 2.